The number of carboxylic acid groups (broad SMARTS) is 2. The van der Waals surface area contributed by atoms with Gasteiger partial charge in [-0.1, -0.05) is 64.9 Å². The van der Waals surface area contributed by atoms with Gasteiger partial charge < -0.3 is 36.8 Å². The molecule has 400 valence electrons. The zero-order valence-corrected chi connectivity index (χ0v) is 44.3. The fourth-order valence-electron chi connectivity index (χ4n) is 7.36. The van der Waals surface area contributed by atoms with Gasteiger partial charge in [-0.25, -0.2) is 4.98 Å². The number of carboxylic acids is 2. The number of nitrogens with one attached hydrogen (secondary N) is 5. The maximum Gasteiger partial charge on any atom is 0.305 e. The molecule has 8 aromatic rings. The largest absolute Gasteiger partial charge is 0.481 e. The van der Waals surface area contributed by atoms with Gasteiger partial charge in [0.2, 0.25) is 17.8 Å². The molecule has 0 saturated heterocycles. The second kappa shape index (κ2) is 24.0. The smallest absolute Gasteiger partial charge is 0.305 e. The summed E-state index contributed by atoms with van der Waals surface area (Å²) in [5.74, 6) is -2.19. The van der Waals surface area contributed by atoms with E-state index in [1.807, 2.05) is 0 Å². The molecule has 0 aliphatic carbocycles. The Balaban J connectivity index is 1.22. The van der Waals surface area contributed by atoms with E-state index in [9.17, 15) is 46.1 Å². The molecule has 30 heteroatoms. The molecule has 5 aromatic carbocycles. The molecule has 25 nitrogen and oxygen atoms in total. The predicted molar refractivity (Wildman–Crippen MR) is 294 cm³/mol. The van der Waals surface area contributed by atoms with Crippen molar-refractivity contribution in [2.24, 2.45) is 20.5 Å². The van der Waals surface area contributed by atoms with Crippen LogP contribution in [0.5, 0.6) is 0 Å². The highest BCUT2D eigenvalue weighted by atomic mass is 35.5. The number of fused-ring (bicyclic) bond motifs is 1. The predicted octanol–water partition coefficient (Wildman–Crippen LogP) is 11.8. The van der Waals surface area contributed by atoms with Crippen LogP contribution in [-0.2, 0) is 29.8 Å². The number of aromatic nitrogens is 4. The molecule has 0 saturated carbocycles. The number of thiophene rings is 1. The standard InChI is InChI=1S/C49H37Cl2N15O10S3/c1-25-34(23-52)43(57-31-15-16-36(51)38(22-31)79(74,75)76)59-44(56-29-13-8-28(50)9-14-29)42(25)64-65-45-35(24-53)41(46(77-45)66-63-32-12-5-26-3-2-4-37(33(26)21-32)78(71,72)73)27-6-10-30(11-7-27)58-49-61-47(54-19-17-39(67)68)60-48(62-49)55-20-18-40(69)70/h2-16,21-22H,17-20H2,1H3,(H,67,68)(H,69,70)(H2,56,57,59)(H,71,72,73)(H,74,75,76)(H3,54,55,58,60,61,62). The fourth-order valence-corrected chi connectivity index (χ4v) is 10.1. The quantitative estimate of drug-likeness (QED) is 0.0238. The van der Waals surface area contributed by atoms with Crippen molar-refractivity contribution in [3.8, 4) is 23.3 Å². The second-order valence-electron chi connectivity index (χ2n) is 16.4. The maximum atomic E-state index is 12.3. The van der Waals surface area contributed by atoms with E-state index in [0.29, 0.717) is 27.3 Å². The van der Waals surface area contributed by atoms with Gasteiger partial charge in [-0.05, 0) is 90.7 Å². The molecule has 3 heterocycles. The van der Waals surface area contributed by atoms with Crippen molar-refractivity contribution in [2.45, 2.75) is 29.6 Å². The summed E-state index contributed by atoms with van der Waals surface area (Å²) in [6.07, 6.45) is -0.505. The number of rotatable bonds is 21. The molecule has 0 aliphatic heterocycles. The highest BCUT2D eigenvalue weighted by molar-refractivity contribution is 7.86. The lowest BCUT2D eigenvalue weighted by Crippen LogP contribution is -2.15. The summed E-state index contributed by atoms with van der Waals surface area (Å²) in [6.45, 7) is 1.49. The van der Waals surface area contributed by atoms with Crippen LogP contribution in [0.25, 0.3) is 21.9 Å². The number of benzene rings is 5. The third-order valence-corrected chi connectivity index (χ3v) is 14.5. The Morgan fingerprint density at radius 1 is 0.633 bits per heavy atom. The average Bonchev–Trinajstić information content (AvgIpc) is 3.86. The lowest BCUT2D eigenvalue weighted by Gasteiger charge is -2.16. The maximum absolute atomic E-state index is 12.3. The normalized spacial score (nSPS) is 11.6. The first-order valence-electron chi connectivity index (χ1n) is 22.6. The number of halogens is 2. The number of nitriles is 2. The van der Waals surface area contributed by atoms with E-state index >= 15 is 0 Å². The van der Waals surface area contributed by atoms with Crippen LogP contribution in [0.15, 0.2) is 133 Å². The van der Waals surface area contributed by atoms with Gasteiger partial charge in [0, 0.05) is 51.7 Å². The Morgan fingerprint density at radius 3 is 1.84 bits per heavy atom. The van der Waals surface area contributed by atoms with E-state index in [4.69, 9.17) is 33.4 Å². The molecule has 0 bridgehead atoms. The van der Waals surface area contributed by atoms with Crippen LogP contribution in [0.2, 0.25) is 10.0 Å². The Hall–Kier alpha value is -9.26. The van der Waals surface area contributed by atoms with E-state index in [1.54, 1.807) is 73.7 Å². The molecule has 0 aliphatic rings. The number of azo groups is 2. The molecule has 3 aromatic heterocycles. The summed E-state index contributed by atoms with van der Waals surface area (Å²) < 4.78 is 68.6. The van der Waals surface area contributed by atoms with Crippen LogP contribution < -0.4 is 26.6 Å². The monoisotopic (exact) mass is 1160 g/mol. The Bertz CT molecular complexity index is 4060. The lowest BCUT2D eigenvalue weighted by molar-refractivity contribution is -0.137. The average molecular weight is 1160 g/mol. The van der Waals surface area contributed by atoms with Crippen molar-refractivity contribution in [3.05, 3.63) is 130 Å². The van der Waals surface area contributed by atoms with E-state index in [1.165, 1.54) is 30.3 Å². The van der Waals surface area contributed by atoms with E-state index in [0.717, 1.165) is 17.4 Å². The van der Waals surface area contributed by atoms with Gasteiger partial charge in [0.25, 0.3) is 20.2 Å². The van der Waals surface area contributed by atoms with Gasteiger partial charge in [-0.3, -0.25) is 18.7 Å². The molecule has 9 N–H and O–H groups in total. The topological polar surface area (TPSA) is 392 Å². The van der Waals surface area contributed by atoms with E-state index < -0.39 is 37.1 Å². The molecule has 79 heavy (non-hydrogen) atoms. The molecule has 0 fully saturated rings. The highest BCUT2D eigenvalue weighted by Crippen LogP contribution is 2.49. The minimum Gasteiger partial charge on any atom is -0.481 e. The van der Waals surface area contributed by atoms with Crippen LogP contribution in [0.3, 0.4) is 0 Å². The number of carbonyl (C=O) groups is 2. The van der Waals surface area contributed by atoms with Crippen molar-refractivity contribution in [3.63, 3.8) is 0 Å². The number of anilines is 8. The van der Waals surface area contributed by atoms with Crippen LogP contribution >= 0.6 is 34.5 Å². The van der Waals surface area contributed by atoms with Crippen molar-refractivity contribution in [2.75, 3.05) is 39.7 Å². The summed E-state index contributed by atoms with van der Waals surface area (Å²) in [5.41, 5.74) is 1.92. The van der Waals surface area contributed by atoms with E-state index in [-0.39, 0.29) is 120 Å². The van der Waals surface area contributed by atoms with Crippen molar-refractivity contribution in [1.29, 1.82) is 10.5 Å². The lowest BCUT2D eigenvalue weighted by atomic mass is 10.0. The van der Waals surface area contributed by atoms with Gasteiger partial charge in [0.15, 0.2) is 16.6 Å². The van der Waals surface area contributed by atoms with Gasteiger partial charge in [-0.15, -0.1) is 20.5 Å². The summed E-state index contributed by atoms with van der Waals surface area (Å²) in [4.78, 5) is 38.9. The summed E-state index contributed by atoms with van der Waals surface area (Å²) >= 11 is 13.1. The number of hydrogen-bond donors (Lipinski definition) is 9. The number of pyridine rings is 1. The summed E-state index contributed by atoms with van der Waals surface area (Å²) in [7, 11) is -9.40. The number of nitrogens with zero attached hydrogens (tertiary/aromatic N) is 10. The first-order chi connectivity index (χ1) is 37.7. The van der Waals surface area contributed by atoms with Gasteiger partial charge >= 0.3 is 11.9 Å². The fraction of sp³-hybridized carbons (Fsp3) is 0.102. The van der Waals surface area contributed by atoms with Gasteiger partial charge in [-0.2, -0.15) is 42.3 Å². The number of hydrogen-bond acceptors (Lipinski definition) is 22. The van der Waals surface area contributed by atoms with Crippen molar-refractivity contribution in [1.82, 2.24) is 19.9 Å². The molecule has 0 amide bonds. The van der Waals surface area contributed by atoms with Crippen LogP contribution in [-0.4, -0.2) is 81.1 Å². The highest BCUT2D eigenvalue weighted by Gasteiger charge is 2.24. The zero-order valence-electron chi connectivity index (χ0n) is 40.3. The minimum atomic E-state index is -4.76. The molecule has 8 rings (SSSR count). The first kappa shape index (κ1) is 56.0. The zero-order chi connectivity index (χ0) is 56.6. The van der Waals surface area contributed by atoms with Gasteiger partial charge in [0.1, 0.15) is 38.2 Å². The van der Waals surface area contributed by atoms with Crippen molar-refractivity contribution >= 4 is 145 Å². The van der Waals surface area contributed by atoms with Crippen molar-refractivity contribution < 1.29 is 45.7 Å². The summed E-state index contributed by atoms with van der Waals surface area (Å²) in [5, 5.41) is 73.3. The summed E-state index contributed by atoms with van der Waals surface area (Å²) in [6, 6.07) is 29.9. The van der Waals surface area contributed by atoms with Crippen LogP contribution in [0, 0.1) is 29.6 Å². The Morgan fingerprint density at radius 2 is 1.22 bits per heavy atom. The van der Waals surface area contributed by atoms with Crippen LogP contribution in [0.4, 0.5) is 67.9 Å². The molecular formula is C49H37Cl2N15O10S3. The second-order valence-corrected chi connectivity index (χ2v) is 21.0. The SMILES string of the molecule is Cc1c(C#N)c(Nc2ccc(Cl)c(S(=O)(=O)O)c2)nc(Nc2ccc(Cl)cc2)c1N=Nc1sc(N=Nc2ccc3cccc(S(=O)(=O)O)c3c2)c(-c2ccc(Nc3nc(NCCC(=O)O)nc(NCCC(=O)O)n3)cc2)c1C#N. The molecular weight excluding hydrogens is 1130 g/mol. The number of aliphatic carboxylic acids is 2. The van der Waals surface area contributed by atoms with Gasteiger partial charge in [0.05, 0.1) is 29.1 Å². The molecule has 0 unspecified atom stereocenters. The molecule has 0 atom stereocenters. The Kier molecular flexibility index (Phi) is 17.0. The van der Waals surface area contributed by atoms with E-state index in [2.05, 4.69) is 79.1 Å². The first-order valence-corrected chi connectivity index (χ1v) is 27.1. The third-order valence-electron chi connectivity index (χ3n) is 11.0. The Labute approximate surface area is 461 Å². The molecule has 0 spiro atoms. The third kappa shape index (κ3) is 13.8. The van der Waals surface area contributed by atoms with Crippen LogP contribution in [0.1, 0.15) is 29.5 Å². The minimum absolute atomic E-state index is 0.00688. The molecule has 0 radical (unpaired) electrons.